The molecule has 7 nitrogen and oxygen atoms in total. The van der Waals surface area contributed by atoms with Crippen molar-refractivity contribution in [3.63, 3.8) is 0 Å². The van der Waals surface area contributed by atoms with Crippen LogP contribution < -0.4 is 9.64 Å². The molecule has 0 amide bonds. The van der Waals surface area contributed by atoms with Crippen LogP contribution in [0.5, 0.6) is 5.75 Å². The molecule has 28 heavy (non-hydrogen) atoms. The second kappa shape index (κ2) is 8.36. The van der Waals surface area contributed by atoms with Crippen molar-refractivity contribution in [2.45, 2.75) is 17.7 Å². The van der Waals surface area contributed by atoms with Crippen molar-refractivity contribution in [2.24, 2.45) is 5.92 Å². The van der Waals surface area contributed by atoms with E-state index in [2.05, 4.69) is 0 Å². The molecule has 1 saturated heterocycles. The third-order valence-corrected chi connectivity index (χ3v) is 6.17. The van der Waals surface area contributed by atoms with Gasteiger partial charge >= 0.3 is 0 Å². The lowest BCUT2D eigenvalue weighted by molar-refractivity contribution is -0.384. The molecule has 1 fully saturated rings. The summed E-state index contributed by atoms with van der Waals surface area (Å²) in [5.74, 6) is 0.795. The monoisotopic (exact) mass is 424 g/mol. The lowest BCUT2D eigenvalue weighted by Gasteiger charge is -2.34. The maximum Gasteiger partial charge on any atom is 0.293 e. The van der Waals surface area contributed by atoms with Gasteiger partial charge in [-0.1, -0.05) is 23.7 Å². The molecule has 0 radical (unpaired) electrons. The van der Waals surface area contributed by atoms with Gasteiger partial charge in [0.2, 0.25) is 0 Å². The van der Waals surface area contributed by atoms with Crippen LogP contribution in [0.4, 0.5) is 11.4 Å². The largest absolute Gasteiger partial charge is 0.492 e. The summed E-state index contributed by atoms with van der Waals surface area (Å²) in [6.07, 6.45) is 2.84. The predicted molar refractivity (Wildman–Crippen MR) is 108 cm³/mol. The summed E-state index contributed by atoms with van der Waals surface area (Å²) < 4.78 is 29.3. The van der Waals surface area contributed by atoms with Gasteiger partial charge in [-0.3, -0.25) is 10.1 Å². The topological polar surface area (TPSA) is 89.8 Å². The van der Waals surface area contributed by atoms with Crippen molar-refractivity contribution in [3.8, 4) is 5.75 Å². The normalized spacial score (nSPS) is 17.4. The number of rotatable bonds is 6. The third-order valence-electron chi connectivity index (χ3n) is 4.74. The van der Waals surface area contributed by atoms with Gasteiger partial charge < -0.3 is 9.64 Å². The minimum absolute atomic E-state index is 0.0569. The highest BCUT2D eigenvalue weighted by Gasteiger charge is 2.27. The van der Waals surface area contributed by atoms with E-state index in [0.717, 1.165) is 25.2 Å². The second-order valence-corrected chi connectivity index (χ2v) is 9.30. The minimum atomic E-state index is -3.52. The Hall–Kier alpha value is -2.32. The Bertz CT molecular complexity index is 980. The number of hydrogen-bond donors (Lipinski definition) is 0. The van der Waals surface area contributed by atoms with E-state index in [-0.39, 0.29) is 16.5 Å². The first-order chi connectivity index (χ1) is 13.3. The van der Waals surface area contributed by atoms with E-state index in [1.54, 1.807) is 12.1 Å². The van der Waals surface area contributed by atoms with E-state index in [0.29, 0.717) is 36.2 Å². The number of piperidine rings is 1. The predicted octanol–water partition coefficient (Wildman–Crippen LogP) is 3.95. The fourth-order valence-corrected chi connectivity index (χ4v) is 4.17. The van der Waals surface area contributed by atoms with Crippen LogP contribution in [-0.4, -0.2) is 39.3 Å². The Morgan fingerprint density at radius 1 is 1.29 bits per heavy atom. The Kier molecular flexibility index (Phi) is 6.10. The van der Waals surface area contributed by atoms with Gasteiger partial charge in [0.05, 0.1) is 21.4 Å². The Morgan fingerprint density at radius 2 is 2.04 bits per heavy atom. The summed E-state index contributed by atoms with van der Waals surface area (Å²) in [5, 5.41) is 12.1. The summed E-state index contributed by atoms with van der Waals surface area (Å²) in [4.78, 5) is 12.9. The number of nitro groups is 1. The van der Waals surface area contributed by atoms with E-state index in [9.17, 15) is 18.5 Å². The number of anilines is 1. The summed E-state index contributed by atoms with van der Waals surface area (Å²) >= 11 is 6.11. The molecular formula is C19H21ClN2O5S. The molecule has 150 valence electrons. The van der Waals surface area contributed by atoms with Crippen molar-refractivity contribution in [1.82, 2.24) is 0 Å². The summed E-state index contributed by atoms with van der Waals surface area (Å²) in [6.45, 7) is 1.71. The molecule has 1 unspecified atom stereocenters. The zero-order valence-corrected chi connectivity index (χ0v) is 16.9. The first-order valence-corrected chi connectivity index (χ1v) is 11.1. The standard InChI is InChI=1S/C19H21ClN2O5S/c1-28(25,26)15-8-9-17(18(11-15)22(23)24)21-10-4-5-14(12-21)13-27-19-7-3-2-6-16(19)20/h2-3,6-9,11,14H,4-5,10,12-13H2,1H3. The number of nitro benzene ring substituents is 1. The van der Waals surface area contributed by atoms with Gasteiger partial charge in [0, 0.05) is 31.3 Å². The number of benzene rings is 2. The third kappa shape index (κ3) is 4.74. The SMILES string of the molecule is CS(=O)(=O)c1ccc(N2CCCC(COc3ccccc3Cl)C2)c([N+](=O)[O-])c1. The zero-order chi connectivity index (χ0) is 20.3. The van der Waals surface area contributed by atoms with Crippen molar-refractivity contribution in [3.05, 3.63) is 57.6 Å². The smallest absolute Gasteiger partial charge is 0.293 e. The van der Waals surface area contributed by atoms with Crippen LogP contribution in [0.15, 0.2) is 47.4 Å². The molecule has 0 spiro atoms. The molecule has 1 heterocycles. The summed E-state index contributed by atoms with van der Waals surface area (Å²) in [5.41, 5.74) is 0.232. The van der Waals surface area contributed by atoms with Gasteiger partial charge in [-0.25, -0.2) is 8.42 Å². The van der Waals surface area contributed by atoms with Crippen molar-refractivity contribution in [1.29, 1.82) is 0 Å². The van der Waals surface area contributed by atoms with Crippen LogP contribution >= 0.6 is 11.6 Å². The molecule has 1 atom stereocenters. The Morgan fingerprint density at radius 3 is 2.71 bits per heavy atom. The fourth-order valence-electron chi connectivity index (χ4n) is 3.34. The number of para-hydroxylation sites is 1. The molecule has 9 heteroatoms. The van der Waals surface area contributed by atoms with Crippen molar-refractivity contribution in [2.75, 3.05) is 30.9 Å². The lowest BCUT2D eigenvalue weighted by atomic mass is 9.98. The highest BCUT2D eigenvalue weighted by Crippen LogP contribution is 2.34. The molecule has 2 aromatic carbocycles. The second-order valence-electron chi connectivity index (χ2n) is 6.88. The van der Waals surface area contributed by atoms with E-state index < -0.39 is 14.8 Å². The van der Waals surface area contributed by atoms with Gasteiger partial charge in [0.25, 0.3) is 5.69 Å². The molecule has 2 aromatic rings. The van der Waals surface area contributed by atoms with Gasteiger partial charge in [0.1, 0.15) is 11.4 Å². The average Bonchev–Trinajstić information content (AvgIpc) is 2.66. The zero-order valence-electron chi connectivity index (χ0n) is 15.4. The number of sulfone groups is 1. The molecular weight excluding hydrogens is 404 g/mol. The quantitative estimate of drug-likeness (QED) is 0.515. The molecule has 1 aliphatic rings. The molecule has 0 saturated carbocycles. The fraction of sp³-hybridized carbons (Fsp3) is 0.368. The molecule has 3 rings (SSSR count). The molecule has 0 N–H and O–H groups in total. The van der Waals surface area contributed by atoms with Crippen molar-refractivity contribution >= 4 is 32.8 Å². The molecule has 1 aliphatic heterocycles. The number of nitrogens with zero attached hydrogens (tertiary/aromatic N) is 2. The van der Waals surface area contributed by atoms with Crippen LogP contribution in [0.3, 0.4) is 0 Å². The van der Waals surface area contributed by atoms with Gasteiger partial charge in [-0.2, -0.15) is 0 Å². The highest BCUT2D eigenvalue weighted by atomic mass is 35.5. The van der Waals surface area contributed by atoms with E-state index in [1.807, 2.05) is 17.0 Å². The molecule has 0 aromatic heterocycles. The van der Waals surface area contributed by atoms with E-state index >= 15 is 0 Å². The van der Waals surface area contributed by atoms with Crippen LogP contribution in [-0.2, 0) is 9.84 Å². The molecule has 0 aliphatic carbocycles. The first kappa shape index (κ1) is 20.4. The number of hydrogen-bond acceptors (Lipinski definition) is 6. The minimum Gasteiger partial charge on any atom is -0.492 e. The van der Waals surface area contributed by atoms with E-state index in [1.165, 1.54) is 12.1 Å². The van der Waals surface area contributed by atoms with Gasteiger partial charge in [0.15, 0.2) is 9.84 Å². The number of halogens is 1. The van der Waals surface area contributed by atoms with Gasteiger partial charge in [-0.15, -0.1) is 0 Å². The van der Waals surface area contributed by atoms with Gasteiger partial charge in [-0.05, 0) is 37.1 Å². The Labute approximate surface area is 168 Å². The van der Waals surface area contributed by atoms with E-state index in [4.69, 9.17) is 16.3 Å². The van der Waals surface area contributed by atoms with Crippen LogP contribution in [0.2, 0.25) is 5.02 Å². The van der Waals surface area contributed by atoms with Crippen LogP contribution in [0.25, 0.3) is 0 Å². The summed E-state index contributed by atoms with van der Waals surface area (Å²) in [7, 11) is -3.52. The summed E-state index contributed by atoms with van der Waals surface area (Å²) in [6, 6.07) is 11.3. The first-order valence-electron chi connectivity index (χ1n) is 8.86. The van der Waals surface area contributed by atoms with Crippen LogP contribution in [0.1, 0.15) is 12.8 Å². The van der Waals surface area contributed by atoms with Crippen molar-refractivity contribution < 1.29 is 18.1 Å². The van der Waals surface area contributed by atoms with Crippen LogP contribution in [0, 0.1) is 16.0 Å². The number of ether oxygens (including phenoxy) is 1. The lowest BCUT2D eigenvalue weighted by Crippen LogP contribution is -2.38. The highest BCUT2D eigenvalue weighted by molar-refractivity contribution is 7.90. The Balaban J connectivity index is 1.76. The maximum absolute atomic E-state index is 11.7. The average molecular weight is 425 g/mol. The molecule has 0 bridgehead atoms. The maximum atomic E-state index is 11.7.